The summed E-state index contributed by atoms with van der Waals surface area (Å²) in [5.74, 6) is -1.68. The number of rotatable bonds is 14. The number of likely N-dealkylation sites (tertiary alicyclic amines) is 1. The van der Waals surface area contributed by atoms with Crippen molar-refractivity contribution < 1.29 is 32.4 Å². The largest absolute Gasteiger partial charge is 0.346 e. The smallest absolute Gasteiger partial charge is 0.315 e. The van der Waals surface area contributed by atoms with Crippen molar-refractivity contribution >= 4 is 39.4 Å². The molecule has 0 aromatic rings. The quantitative estimate of drug-likeness (QED) is 0.154. The lowest BCUT2D eigenvalue weighted by atomic mass is 9.70. The average molecular weight is 744 g/mol. The van der Waals surface area contributed by atoms with E-state index in [2.05, 4.69) is 41.7 Å². The molecule has 2 heterocycles. The molecule has 0 spiro atoms. The first-order valence-corrected chi connectivity index (χ1v) is 21.7. The summed E-state index contributed by atoms with van der Waals surface area (Å²) in [6.45, 7) is 10.3. The molecule has 0 aromatic carbocycles. The Kier molecular flexibility index (Phi) is 11.2. The van der Waals surface area contributed by atoms with Crippen LogP contribution in [-0.2, 0) is 29.0 Å². The fourth-order valence-electron chi connectivity index (χ4n) is 10.4. The highest BCUT2D eigenvalue weighted by Gasteiger charge is 2.70. The number of hydrogen-bond acceptors (Lipinski definition) is 7. The molecule has 2 aliphatic heterocycles. The number of hydrogen-bond donors (Lipinski definition) is 4. The van der Waals surface area contributed by atoms with Gasteiger partial charge < -0.3 is 26.2 Å². The summed E-state index contributed by atoms with van der Waals surface area (Å²) in [5, 5.41) is 11.1. The molecule has 4 aliphatic carbocycles. The topological polar surface area (TPSA) is 171 Å². The van der Waals surface area contributed by atoms with E-state index in [-0.39, 0.29) is 35.5 Å². The monoisotopic (exact) mass is 743 g/mol. The highest BCUT2D eigenvalue weighted by molar-refractivity contribution is 7.92. The van der Waals surface area contributed by atoms with Crippen LogP contribution < -0.4 is 21.3 Å². The van der Waals surface area contributed by atoms with Crippen LogP contribution in [0.25, 0.3) is 0 Å². The molecule has 6 aliphatic rings. The molecular formula is C39H61N5O7S. The number of Topliss-reactive ketones (excluding diaryl/α,β-unsaturated/α-hetero) is 1. The van der Waals surface area contributed by atoms with E-state index in [1.807, 2.05) is 6.92 Å². The van der Waals surface area contributed by atoms with Crippen molar-refractivity contribution in [2.24, 2.45) is 28.6 Å². The lowest BCUT2D eigenvalue weighted by molar-refractivity contribution is -0.146. The van der Waals surface area contributed by atoms with Crippen LogP contribution in [0.2, 0.25) is 0 Å². The van der Waals surface area contributed by atoms with Gasteiger partial charge in [-0.2, -0.15) is 0 Å². The molecule has 4 saturated carbocycles. The van der Waals surface area contributed by atoms with Crippen molar-refractivity contribution in [3.8, 4) is 0 Å². The lowest BCUT2D eigenvalue weighted by Crippen LogP contribution is -2.66. The number of sulfone groups is 1. The molecule has 0 radical (unpaired) electrons. The van der Waals surface area contributed by atoms with E-state index in [9.17, 15) is 32.4 Å². The zero-order chi connectivity index (χ0) is 37.5. The van der Waals surface area contributed by atoms with Gasteiger partial charge >= 0.3 is 6.03 Å². The molecule has 13 heteroatoms. The predicted molar refractivity (Wildman–Crippen MR) is 198 cm³/mol. The molecule has 12 nitrogen and oxygen atoms in total. The van der Waals surface area contributed by atoms with Gasteiger partial charge in [0.2, 0.25) is 17.6 Å². The maximum absolute atomic E-state index is 14.9. The van der Waals surface area contributed by atoms with Crippen LogP contribution in [0.3, 0.4) is 0 Å². The minimum Gasteiger partial charge on any atom is -0.346 e. The Morgan fingerprint density at radius 2 is 1.54 bits per heavy atom. The van der Waals surface area contributed by atoms with Crippen molar-refractivity contribution in [3.05, 3.63) is 12.7 Å². The van der Waals surface area contributed by atoms with Gasteiger partial charge in [0.15, 0.2) is 9.84 Å². The number of ketones is 1. The number of nitrogens with zero attached hydrogens (tertiary/aromatic N) is 1. The zero-order valence-corrected chi connectivity index (χ0v) is 32.3. The Hall–Kier alpha value is -2.96. The van der Waals surface area contributed by atoms with Crippen LogP contribution in [-0.4, -0.2) is 90.6 Å². The molecule has 0 bridgehead atoms. The van der Waals surface area contributed by atoms with Crippen LogP contribution in [0.1, 0.15) is 124 Å². The summed E-state index contributed by atoms with van der Waals surface area (Å²) in [7, 11) is -3.36. The molecule has 290 valence electrons. The van der Waals surface area contributed by atoms with Crippen LogP contribution in [0.5, 0.6) is 0 Å². The van der Waals surface area contributed by atoms with E-state index in [0.717, 1.165) is 70.6 Å². The van der Waals surface area contributed by atoms with E-state index >= 15 is 0 Å². The highest BCUT2D eigenvalue weighted by Crippen LogP contribution is 2.65. The Morgan fingerprint density at radius 3 is 2.13 bits per heavy atom. The number of fused-ring (bicyclic) bond motifs is 1. The average Bonchev–Trinajstić information content (AvgIpc) is 3.91. The molecule has 0 aromatic heterocycles. The molecule has 2 saturated heterocycles. The summed E-state index contributed by atoms with van der Waals surface area (Å²) < 4.78 is 26.4. The predicted octanol–water partition coefficient (Wildman–Crippen LogP) is 3.93. The van der Waals surface area contributed by atoms with E-state index in [1.54, 1.807) is 4.90 Å². The molecular weight excluding hydrogens is 683 g/mol. The van der Waals surface area contributed by atoms with Crippen molar-refractivity contribution in [3.63, 3.8) is 0 Å². The van der Waals surface area contributed by atoms with Crippen molar-refractivity contribution in [2.45, 2.75) is 152 Å². The third-order valence-electron chi connectivity index (χ3n) is 13.9. The number of carbonyl (C=O) groups excluding carboxylic acids is 5. The Balaban J connectivity index is 1.24. The van der Waals surface area contributed by atoms with Gasteiger partial charge in [0.1, 0.15) is 12.1 Å². The lowest BCUT2D eigenvalue weighted by Gasteiger charge is -2.45. The third kappa shape index (κ3) is 7.80. The molecule has 6 atom stereocenters. The fraction of sp³-hybridized carbons (Fsp3) is 0.821. The number of urea groups is 1. The van der Waals surface area contributed by atoms with Gasteiger partial charge in [0, 0.05) is 13.1 Å². The number of piperidine rings is 1. The summed E-state index contributed by atoms with van der Waals surface area (Å²) in [6.07, 6.45) is 13.9. The number of amides is 5. The molecule has 5 amide bonds. The van der Waals surface area contributed by atoms with Gasteiger partial charge in [0.25, 0.3) is 5.91 Å². The van der Waals surface area contributed by atoms with Crippen LogP contribution in [0.15, 0.2) is 12.7 Å². The number of nitrogens with one attached hydrogen (secondary N) is 4. The van der Waals surface area contributed by atoms with Crippen molar-refractivity contribution in [1.82, 2.24) is 26.2 Å². The minimum absolute atomic E-state index is 0.0791. The maximum Gasteiger partial charge on any atom is 0.315 e. The summed E-state index contributed by atoms with van der Waals surface area (Å²) in [6, 6.07) is -3.32. The minimum atomic E-state index is -3.36. The highest BCUT2D eigenvalue weighted by atomic mass is 32.2. The van der Waals surface area contributed by atoms with E-state index in [0.29, 0.717) is 44.6 Å². The summed E-state index contributed by atoms with van der Waals surface area (Å²) in [4.78, 5) is 71.1. The second-order valence-corrected chi connectivity index (χ2v) is 20.1. The molecule has 52 heavy (non-hydrogen) atoms. The molecule has 0 unspecified atom stereocenters. The van der Waals surface area contributed by atoms with Gasteiger partial charge in [0.05, 0.1) is 22.6 Å². The Labute approximate surface area is 309 Å². The van der Waals surface area contributed by atoms with E-state index in [1.165, 1.54) is 6.08 Å². The SMILES string of the molecule is C=CCNC(=O)C(=O)[C@H](CCC1CC1)NC(=O)[C@@H]1[C@@H]2[C@H](CN1C(=O)[C@@H](NC(=O)NC1([C@@H]3CCCS3(=O)=O)CCCCC1)C1(C)CCCCC1)C2(C)C. The second-order valence-electron chi connectivity index (χ2n) is 17.8. The Bertz CT molecular complexity index is 1530. The van der Waals surface area contributed by atoms with Crippen LogP contribution in [0.4, 0.5) is 4.79 Å². The normalized spacial score (nSPS) is 30.6. The first-order chi connectivity index (χ1) is 24.6. The first kappa shape index (κ1) is 38.8. The third-order valence-corrected chi connectivity index (χ3v) is 16.3. The second kappa shape index (κ2) is 15.1. The van der Waals surface area contributed by atoms with Crippen molar-refractivity contribution in [1.29, 1.82) is 0 Å². The number of carbonyl (C=O) groups is 5. The summed E-state index contributed by atoms with van der Waals surface area (Å²) >= 11 is 0. The first-order valence-electron chi connectivity index (χ1n) is 20.0. The maximum atomic E-state index is 14.9. The fourth-order valence-corrected chi connectivity index (χ4v) is 12.8. The van der Waals surface area contributed by atoms with Gasteiger partial charge in [-0.1, -0.05) is 78.2 Å². The summed E-state index contributed by atoms with van der Waals surface area (Å²) in [5.41, 5.74) is -1.63. The van der Waals surface area contributed by atoms with Gasteiger partial charge in [-0.25, -0.2) is 13.2 Å². The molecule has 6 fully saturated rings. The van der Waals surface area contributed by atoms with Crippen LogP contribution in [0, 0.1) is 28.6 Å². The van der Waals surface area contributed by atoms with Crippen LogP contribution >= 0.6 is 0 Å². The molecule has 4 N–H and O–H groups in total. The van der Waals surface area contributed by atoms with Gasteiger partial charge in [-0.05, 0) is 80.0 Å². The van der Waals surface area contributed by atoms with E-state index in [4.69, 9.17) is 0 Å². The van der Waals surface area contributed by atoms with Gasteiger partial charge in [-0.3, -0.25) is 19.2 Å². The Morgan fingerprint density at radius 1 is 0.885 bits per heavy atom. The zero-order valence-electron chi connectivity index (χ0n) is 31.5. The standard InChI is InChI=1S/C39H61N5O7S/c1-5-22-40-34(47)31(45)27(17-16-25-14-15-25)41-33(46)30-29-26(37(29,2)3)24-44(30)35(48)32(38(4)18-8-6-9-19-38)42-36(49)43-39(20-10-7-11-21-39)28-13-12-23-52(28,50)51/h5,25-30,32H,1,6-24H2,2-4H3,(H,40,47)(H,41,46)(H2,42,43,49)/t26-,27-,28-,29-,30-,32+/m0/s1. The van der Waals surface area contributed by atoms with Crippen molar-refractivity contribution in [2.75, 3.05) is 18.8 Å². The van der Waals surface area contributed by atoms with E-state index < -0.39 is 67.8 Å². The van der Waals surface area contributed by atoms with Gasteiger partial charge in [-0.15, -0.1) is 6.58 Å². The molecule has 6 rings (SSSR count).